The van der Waals surface area contributed by atoms with Crippen LogP contribution in [0.2, 0.25) is 0 Å². The van der Waals surface area contributed by atoms with Crippen LogP contribution in [-0.4, -0.2) is 29.1 Å². The van der Waals surface area contributed by atoms with Crippen LogP contribution in [0.3, 0.4) is 0 Å². The lowest BCUT2D eigenvalue weighted by Gasteiger charge is -2.02. The van der Waals surface area contributed by atoms with Crippen molar-refractivity contribution in [3.63, 3.8) is 0 Å². The number of aryl methyl sites for hydroxylation is 1. The van der Waals surface area contributed by atoms with Crippen LogP contribution in [0.4, 0.5) is 0 Å². The molecule has 5 rings (SSSR count). The highest BCUT2D eigenvalue weighted by Gasteiger charge is 2.14. The maximum absolute atomic E-state index is 4.77. The summed E-state index contributed by atoms with van der Waals surface area (Å²) in [6.07, 6.45) is 4.04. The summed E-state index contributed by atoms with van der Waals surface area (Å²) in [5.41, 5.74) is 4.85. The lowest BCUT2D eigenvalue weighted by atomic mass is 10.2. The third-order valence-corrected chi connectivity index (χ3v) is 5.31. The summed E-state index contributed by atoms with van der Waals surface area (Å²) in [6.45, 7) is 2.97. The van der Waals surface area contributed by atoms with Gasteiger partial charge in [-0.3, -0.25) is 0 Å². The van der Waals surface area contributed by atoms with Gasteiger partial charge >= 0.3 is 0 Å². The van der Waals surface area contributed by atoms with Gasteiger partial charge in [0.2, 0.25) is 5.16 Å². The summed E-state index contributed by atoms with van der Waals surface area (Å²) in [7, 11) is 0. The predicted molar refractivity (Wildman–Crippen MR) is 103 cm³/mol. The number of thioether (sulfide) groups is 1. The fourth-order valence-corrected chi connectivity index (χ4v) is 3.93. The number of aromatic nitrogens is 6. The van der Waals surface area contributed by atoms with Crippen molar-refractivity contribution >= 4 is 39.5 Å². The van der Waals surface area contributed by atoms with E-state index in [1.165, 1.54) is 0 Å². The molecule has 7 heteroatoms. The summed E-state index contributed by atoms with van der Waals surface area (Å²) >= 11 is 1.56. The summed E-state index contributed by atoms with van der Waals surface area (Å²) in [4.78, 5) is 9.39. The van der Waals surface area contributed by atoms with Gasteiger partial charge in [0.25, 0.3) is 0 Å². The zero-order chi connectivity index (χ0) is 17.5. The molecule has 4 aromatic heterocycles. The maximum Gasteiger partial charge on any atom is 0.211 e. The highest BCUT2D eigenvalue weighted by atomic mass is 32.2. The third kappa shape index (κ3) is 2.43. The van der Waals surface area contributed by atoms with Gasteiger partial charge < -0.3 is 8.97 Å². The highest BCUT2D eigenvalue weighted by Crippen LogP contribution is 2.27. The fourth-order valence-electron chi connectivity index (χ4n) is 3.27. The Bertz CT molecular complexity index is 1210. The lowest BCUT2D eigenvalue weighted by Crippen LogP contribution is -1.98. The number of pyridine rings is 1. The van der Waals surface area contributed by atoms with Gasteiger partial charge in [-0.1, -0.05) is 36.0 Å². The Balaban J connectivity index is 1.50. The molecular weight excluding hydrogens is 344 g/mol. The van der Waals surface area contributed by atoms with Gasteiger partial charge in [0.15, 0.2) is 5.65 Å². The maximum atomic E-state index is 4.77. The zero-order valence-corrected chi connectivity index (χ0v) is 15.0. The quantitative estimate of drug-likeness (QED) is 0.454. The molecule has 0 saturated carbocycles. The van der Waals surface area contributed by atoms with Crippen molar-refractivity contribution in [2.45, 2.75) is 24.4 Å². The van der Waals surface area contributed by atoms with E-state index in [4.69, 9.17) is 4.98 Å². The molecular formula is C19H16N6S. The van der Waals surface area contributed by atoms with Crippen LogP contribution in [0, 0.1) is 0 Å². The second-order valence-electron chi connectivity index (χ2n) is 6.02. The minimum atomic E-state index is 0.673. The fraction of sp³-hybridized carbons (Fsp3) is 0.158. The Kier molecular flexibility index (Phi) is 3.60. The first-order valence-electron chi connectivity index (χ1n) is 8.50. The molecule has 0 unspecified atom stereocenters. The van der Waals surface area contributed by atoms with Crippen molar-refractivity contribution in [3.05, 3.63) is 60.6 Å². The number of rotatable bonds is 4. The first kappa shape index (κ1) is 15.3. The highest BCUT2D eigenvalue weighted by molar-refractivity contribution is 7.98. The van der Waals surface area contributed by atoms with E-state index in [2.05, 4.69) is 38.8 Å². The Morgan fingerprint density at radius 1 is 1.00 bits per heavy atom. The van der Waals surface area contributed by atoms with E-state index in [0.717, 1.165) is 40.0 Å². The number of hydrogen-bond acceptors (Lipinski definition) is 5. The smallest absolute Gasteiger partial charge is 0.211 e. The zero-order valence-electron chi connectivity index (χ0n) is 14.2. The van der Waals surface area contributed by atoms with Gasteiger partial charge in [0.1, 0.15) is 11.2 Å². The van der Waals surface area contributed by atoms with E-state index in [9.17, 15) is 0 Å². The van der Waals surface area contributed by atoms with Crippen molar-refractivity contribution in [3.8, 4) is 0 Å². The first-order chi connectivity index (χ1) is 12.8. The standard InChI is InChI=1S/C19H16N6S/c1-2-25-15-8-4-3-7-14(15)17-18(25)21-19(23-22-17)26-12-13-11-24-10-6-5-9-16(24)20-13/h3-11H,2,12H2,1H3. The molecule has 6 nitrogen and oxygen atoms in total. The van der Waals surface area contributed by atoms with Gasteiger partial charge in [0, 0.05) is 30.1 Å². The Hall–Kier alpha value is -2.93. The SMILES string of the molecule is CCn1c2ccccc2c2nnc(SCc3cn4ccccc4n3)nc21. The van der Waals surface area contributed by atoms with Crippen LogP contribution >= 0.6 is 11.8 Å². The largest absolute Gasteiger partial charge is 0.324 e. The Morgan fingerprint density at radius 2 is 1.88 bits per heavy atom. The minimum absolute atomic E-state index is 0.673. The molecule has 0 N–H and O–H groups in total. The molecule has 0 spiro atoms. The second kappa shape index (κ2) is 6.10. The molecule has 0 fully saturated rings. The van der Waals surface area contributed by atoms with E-state index in [-0.39, 0.29) is 0 Å². The van der Waals surface area contributed by atoms with Crippen LogP contribution in [-0.2, 0) is 12.3 Å². The van der Waals surface area contributed by atoms with E-state index in [0.29, 0.717) is 10.9 Å². The normalized spacial score (nSPS) is 11.7. The molecule has 0 radical (unpaired) electrons. The van der Waals surface area contributed by atoms with Crippen molar-refractivity contribution in [2.75, 3.05) is 0 Å². The van der Waals surface area contributed by atoms with Gasteiger partial charge in [-0.2, -0.15) is 0 Å². The number of fused-ring (bicyclic) bond motifs is 4. The minimum Gasteiger partial charge on any atom is -0.324 e. The van der Waals surface area contributed by atoms with Crippen LogP contribution in [0.15, 0.2) is 60.0 Å². The molecule has 4 heterocycles. The second-order valence-corrected chi connectivity index (χ2v) is 6.96. The molecule has 26 heavy (non-hydrogen) atoms. The van der Waals surface area contributed by atoms with E-state index >= 15 is 0 Å². The van der Waals surface area contributed by atoms with Crippen molar-refractivity contribution in [2.24, 2.45) is 0 Å². The van der Waals surface area contributed by atoms with Gasteiger partial charge in [0.05, 0.1) is 11.2 Å². The molecule has 0 amide bonds. The van der Waals surface area contributed by atoms with E-state index in [1.54, 1.807) is 11.8 Å². The van der Waals surface area contributed by atoms with Crippen LogP contribution in [0.1, 0.15) is 12.6 Å². The number of para-hydroxylation sites is 1. The molecule has 0 bridgehead atoms. The van der Waals surface area contributed by atoms with Gasteiger partial charge in [-0.25, -0.2) is 9.97 Å². The molecule has 0 aliphatic carbocycles. The predicted octanol–water partition coefficient (Wildman–Crippen LogP) is 3.94. The average molecular weight is 360 g/mol. The van der Waals surface area contributed by atoms with Crippen LogP contribution < -0.4 is 0 Å². The van der Waals surface area contributed by atoms with Crippen molar-refractivity contribution < 1.29 is 0 Å². The van der Waals surface area contributed by atoms with E-state index in [1.807, 2.05) is 47.1 Å². The number of benzene rings is 1. The number of imidazole rings is 1. The lowest BCUT2D eigenvalue weighted by molar-refractivity contribution is 0.789. The third-order valence-electron chi connectivity index (χ3n) is 4.43. The molecule has 128 valence electrons. The summed E-state index contributed by atoms with van der Waals surface area (Å²) in [6, 6.07) is 14.2. The van der Waals surface area contributed by atoms with Gasteiger partial charge in [-0.05, 0) is 25.1 Å². The van der Waals surface area contributed by atoms with Crippen molar-refractivity contribution in [1.29, 1.82) is 0 Å². The molecule has 0 aliphatic rings. The summed E-state index contributed by atoms with van der Waals surface area (Å²) in [5, 5.41) is 10.6. The summed E-state index contributed by atoms with van der Waals surface area (Å²) in [5.74, 6) is 0.710. The molecule has 5 aromatic rings. The topological polar surface area (TPSA) is 60.9 Å². The Morgan fingerprint density at radius 3 is 2.77 bits per heavy atom. The molecule has 0 aliphatic heterocycles. The monoisotopic (exact) mass is 360 g/mol. The molecule has 1 aromatic carbocycles. The number of nitrogens with zero attached hydrogens (tertiary/aromatic N) is 6. The van der Waals surface area contributed by atoms with E-state index < -0.39 is 0 Å². The Labute approximate surface area is 153 Å². The van der Waals surface area contributed by atoms with Gasteiger partial charge in [-0.15, -0.1) is 10.2 Å². The van der Waals surface area contributed by atoms with Crippen LogP contribution in [0.5, 0.6) is 0 Å². The first-order valence-corrected chi connectivity index (χ1v) is 9.49. The summed E-state index contributed by atoms with van der Waals surface area (Å²) < 4.78 is 4.21. The number of hydrogen-bond donors (Lipinski definition) is 0. The average Bonchev–Trinajstić information content (AvgIpc) is 3.24. The molecule has 0 saturated heterocycles. The van der Waals surface area contributed by atoms with Crippen LogP contribution in [0.25, 0.3) is 27.7 Å². The molecule has 0 atom stereocenters. The van der Waals surface area contributed by atoms with Crippen molar-refractivity contribution in [1.82, 2.24) is 29.1 Å².